The van der Waals surface area contributed by atoms with Crippen molar-refractivity contribution in [3.63, 3.8) is 0 Å². The summed E-state index contributed by atoms with van der Waals surface area (Å²) in [6.45, 7) is 0.831. The normalized spacial score (nSPS) is 15.8. The molecule has 1 aliphatic heterocycles. The van der Waals surface area contributed by atoms with Crippen molar-refractivity contribution >= 4 is 33.5 Å². The number of fused-ring (bicyclic) bond motifs is 3. The Kier molecular flexibility index (Phi) is 2.42. The summed E-state index contributed by atoms with van der Waals surface area (Å²) in [5, 5.41) is 4.11. The Morgan fingerprint density at radius 3 is 2.80 bits per heavy atom. The molecule has 100 valence electrons. The molecule has 1 fully saturated rings. The smallest absolute Gasteiger partial charge is 0.238 e. The highest BCUT2D eigenvalue weighted by molar-refractivity contribution is 6.05. The maximum atomic E-state index is 11.5. The lowest BCUT2D eigenvalue weighted by Gasteiger charge is -2.29. The maximum Gasteiger partial charge on any atom is 0.238 e. The second-order valence-corrected chi connectivity index (χ2v) is 5.07. The van der Waals surface area contributed by atoms with Crippen LogP contribution in [0.15, 0.2) is 46.9 Å². The minimum absolute atomic E-state index is 0.0703. The minimum Gasteiger partial charge on any atom is -0.456 e. The van der Waals surface area contributed by atoms with E-state index in [0.29, 0.717) is 6.42 Å². The van der Waals surface area contributed by atoms with Gasteiger partial charge < -0.3 is 4.42 Å². The van der Waals surface area contributed by atoms with E-state index in [9.17, 15) is 4.79 Å². The first kappa shape index (κ1) is 11.3. The van der Waals surface area contributed by atoms with Crippen molar-refractivity contribution in [2.75, 3.05) is 11.6 Å². The zero-order valence-electron chi connectivity index (χ0n) is 10.9. The Bertz CT molecular complexity index is 806. The molecule has 0 saturated carbocycles. The van der Waals surface area contributed by atoms with Crippen molar-refractivity contribution in [2.24, 2.45) is 0 Å². The van der Waals surface area contributed by atoms with Gasteiger partial charge in [-0.1, -0.05) is 18.2 Å². The number of hydrogen-bond donors (Lipinski definition) is 1. The van der Waals surface area contributed by atoms with Crippen LogP contribution in [0, 0.1) is 0 Å². The van der Waals surface area contributed by atoms with Gasteiger partial charge in [-0.3, -0.25) is 15.2 Å². The molecule has 4 heteroatoms. The van der Waals surface area contributed by atoms with Crippen LogP contribution in [0.3, 0.4) is 0 Å². The number of anilines is 1. The van der Waals surface area contributed by atoms with E-state index in [4.69, 9.17) is 4.42 Å². The number of rotatable bonds is 1. The fourth-order valence-electron chi connectivity index (χ4n) is 2.74. The molecule has 0 unspecified atom stereocenters. The highest BCUT2D eigenvalue weighted by Gasteiger charge is 2.17. The van der Waals surface area contributed by atoms with Gasteiger partial charge in [0.2, 0.25) is 5.91 Å². The molecule has 3 aromatic rings. The lowest BCUT2D eigenvalue weighted by atomic mass is 10.1. The lowest BCUT2D eigenvalue weighted by molar-refractivity contribution is -0.122. The maximum absolute atomic E-state index is 11.5. The van der Waals surface area contributed by atoms with Crippen molar-refractivity contribution in [1.82, 2.24) is 5.43 Å². The second-order valence-electron chi connectivity index (χ2n) is 5.07. The molecule has 1 N–H and O–H groups in total. The SMILES string of the molecule is O=C1CCCN(c2ccc3c(c2)oc2ccccc23)N1. The van der Waals surface area contributed by atoms with Crippen LogP contribution in [0.2, 0.25) is 0 Å². The molecule has 4 nitrogen and oxygen atoms in total. The number of hydrazine groups is 1. The standard InChI is InChI=1S/C16H14N2O2/c19-16-6-3-9-18(17-16)11-7-8-13-12-4-1-2-5-14(12)20-15(13)10-11/h1-2,4-5,7-8,10H,3,6,9H2,(H,17,19). The molecule has 0 bridgehead atoms. The molecule has 1 aliphatic rings. The zero-order chi connectivity index (χ0) is 13.5. The number of para-hydroxylation sites is 1. The fraction of sp³-hybridized carbons (Fsp3) is 0.188. The van der Waals surface area contributed by atoms with Gasteiger partial charge in [0.25, 0.3) is 0 Å². The van der Waals surface area contributed by atoms with Gasteiger partial charge in [-0.05, 0) is 24.6 Å². The molecule has 0 radical (unpaired) electrons. The van der Waals surface area contributed by atoms with Gasteiger partial charge in [-0.15, -0.1) is 0 Å². The monoisotopic (exact) mass is 266 g/mol. The molecule has 1 aromatic heterocycles. The number of carbonyl (C=O) groups excluding carboxylic acids is 1. The van der Waals surface area contributed by atoms with Crippen molar-refractivity contribution in [1.29, 1.82) is 0 Å². The number of furan rings is 1. The van der Waals surface area contributed by atoms with Crippen LogP contribution in [-0.4, -0.2) is 12.5 Å². The summed E-state index contributed by atoms with van der Waals surface area (Å²) >= 11 is 0. The van der Waals surface area contributed by atoms with Crippen LogP contribution >= 0.6 is 0 Å². The first-order valence-electron chi connectivity index (χ1n) is 6.79. The van der Waals surface area contributed by atoms with Gasteiger partial charge >= 0.3 is 0 Å². The van der Waals surface area contributed by atoms with E-state index in [-0.39, 0.29) is 5.91 Å². The zero-order valence-corrected chi connectivity index (χ0v) is 10.9. The number of benzene rings is 2. The lowest BCUT2D eigenvalue weighted by Crippen LogP contribution is -2.46. The third kappa shape index (κ3) is 1.72. The largest absolute Gasteiger partial charge is 0.456 e. The summed E-state index contributed by atoms with van der Waals surface area (Å²) in [4.78, 5) is 11.5. The van der Waals surface area contributed by atoms with E-state index in [1.165, 1.54) is 0 Å². The number of nitrogens with zero attached hydrogens (tertiary/aromatic N) is 1. The summed E-state index contributed by atoms with van der Waals surface area (Å²) in [6, 6.07) is 14.1. The third-order valence-electron chi connectivity index (χ3n) is 3.72. The van der Waals surface area contributed by atoms with Crippen LogP contribution < -0.4 is 10.4 Å². The topological polar surface area (TPSA) is 45.5 Å². The third-order valence-corrected chi connectivity index (χ3v) is 3.72. The van der Waals surface area contributed by atoms with Crippen LogP contribution in [0.5, 0.6) is 0 Å². The van der Waals surface area contributed by atoms with E-state index in [1.54, 1.807) is 0 Å². The van der Waals surface area contributed by atoms with Crippen LogP contribution in [-0.2, 0) is 4.79 Å². The first-order valence-corrected chi connectivity index (χ1v) is 6.79. The van der Waals surface area contributed by atoms with Crippen molar-refractivity contribution in [3.8, 4) is 0 Å². The molecular weight excluding hydrogens is 252 g/mol. The summed E-state index contributed by atoms with van der Waals surface area (Å²) in [7, 11) is 0. The summed E-state index contributed by atoms with van der Waals surface area (Å²) < 4.78 is 5.87. The quantitative estimate of drug-likeness (QED) is 0.735. The highest BCUT2D eigenvalue weighted by atomic mass is 16.3. The molecule has 2 heterocycles. The van der Waals surface area contributed by atoms with Crippen LogP contribution in [0.25, 0.3) is 21.9 Å². The minimum atomic E-state index is 0.0703. The molecule has 0 atom stereocenters. The second kappa shape index (κ2) is 4.27. The Labute approximate surface area is 115 Å². The molecule has 1 saturated heterocycles. The van der Waals surface area contributed by atoms with E-state index < -0.39 is 0 Å². The highest BCUT2D eigenvalue weighted by Crippen LogP contribution is 2.31. The number of hydrogen-bond acceptors (Lipinski definition) is 3. The molecule has 4 rings (SSSR count). The van der Waals surface area contributed by atoms with Gasteiger partial charge in [0.1, 0.15) is 11.2 Å². The predicted octanol–water partition coefficient (Wildman–Crippen LogP) is 3.22. The molecular formula is C16H14N2O2. The molecule has 2 aromatic carbocycles. The van der Waals surface area contributed by atoms with Crippen LogP contribution in [0.4, 0.5) is 5.69 Å². The van der Waals surface area contributed by atoms with Crippen LogP contribution in [0.1, 0.15) is 12.8 Å². The first-order chi connectivity index (χ1) is 9.81. The van der Waals surface area contributed by atoms with Crippen molar-refractivity contribution in [2.45, 2.75) is 12.8 Å². The summed E-state index contributed by atoms with van der Waals surface area (Å²) in [5.41, 5.74) is 5.59. The van der Waals surface area contributed by atoms with Gasteiger partial charge in [0.05, 0.1) is 5.69 Å². The van der Waals surface area contributed by atoms with Crippen molar-refractivity contribution < 1.29 is 9.21 Å². The Hall–Kier alpha value is -2.49. The Balaban J connectivity index is 1.82. The summed E-state index contributed by atoms with van der Waals surface area (Å²) in [6.07, 6.45) is 1.48. The van der Waals surface area contributed by atoms with E-state index >= 15 is 0 Å². The van der Waals surface area contributed by atoms with Crippen molar-refractivity contribution in [3.05, 3.63) is 42.5 Å². The molecule has 20 heavy (non-hydrogen) atoms. The molecule has 0 spiro atoms. The van der Waals surface area contributed by atoms with Gasteiger partial charge in [0.15, 0.2) is 0 Å². The summed E-state index contributed by atoms with van der Waals surface area (Å²) in [5.74, 6) is 0.0703. The molecule has 1 amide bonds. The predicted molar refractivity (Wildman–Crippen MR) is 78.4 cm³/mol. The van der Waals surface area contributed by atoms with Gasteiger partial charge in [-0.25, -0.2) is 0 Å². The average Bonchev–Trinajstić information content (AvgIpc) is 2.85. The number of carbonyl (C=O) groups is 1. The van der Waals surface area contributed by atoms with Gasteiger partial charge in [0, 0.05) is 29.8 Å². The average molecular weight is 266 g/mol. The number of amides is 1. The molecule has 0 aliphatic carbocycles. The van der Waals surface area contributed by atoms with E-state index in [2.05, 4.69) is 17.6 Å². The van der Waals surface area contributed by atoms with E-state index in [0.717, 1.165) is 40.6 Å². The fourth-order valence-corrected chi connectivity index (χ4v) is 2.74. The van der Waals surface area contributed by atoms with Gasteiger partial charge in [-0.2, -0.15) is 0 Å². The Morgan fingerprint density at radius 1 is 1.05 bits per heavy atom. The Morgan fingerprint density at radius 2 is 1.90 bits per heavy atom. The van der Waals surface area contributed by atoms with E-state index in [1.807, 2.05) is 35.3 Å². The number of nitrogens with one attached hydrogen (secondary N) is 1.